The van der Waals surface area contributed by atoms with Crippen molar-refractivity contribution in [2.75, 3.05) is 0 Å². The van der Waals surface area contributed by atoms with Crippen molar-refractivity contribution in [2.24, 2.45) is 5.92 Å². The molecule has 2 amide bonds. The van der Waals surface area contributed by atoms with Gasteiger partial charge in [0, 0.05) is 0 Å². The van der Waals surface area contributed by atoms with Gasteiger partial charge in [-0.1, -0.05) is 12.2 Å². The van der Waals surface area contributed by atoms with E-state index in [1.165, 1.54) is 0 Å². The van der Waals surface area contributed by atoms with Gasteiger partial charge < -0.3 is 0 Å². The maximum Gasteiger partial charge on any atom is 0.265 e. The Morgan fingerprint density at radius 1 is 1.56 bits per heavy atom. The first-order valence-electron chi connectivity index (χ1n) is 2.52. The van der Waals surface area contributed by atoms with Crippen LogP contribution in [0.1, 0.15) is 6.92 Å². The molecule has 0 aromatic carbocycles. The fourth-order valence-corrected chi connectivity index (χ4v) is 0.756. The lowest BCUT2D eigenvalue weighted by Crippen LogP contribution is -2.21. The first kappa shape index (κ1) is 6.35. The molecule has 0 spiro atoms. The summed E-state index contributed by atoms with van der Waals surface area (Å²) in [5.74, 6) is -1.11. The monoisotopic (exact) mass is 143 g/mol. The first-order chi connectivity index (χ1) is 4.13. The number of rotatable bonds is 0. The van der Waals surface area contributed by atoms with Crippen molar-refractivity contribution < 1.29 is 9.59 Å². The van der Waals surface area contributed by atoms with Crippen LogP contribution in [-0.4, -0.2) is 16.7 Å². The molecule has 48 valence electrons. The lowest BCUT2D eigenvalue weighted by atomic mass is 10.1. The Kier molecular flexibility index (Phi) is 1.32. The third kappa shape index (κ3) is 0.853. The standard InChI is InChI=1S/C5H5NO2S/c1-2-3(9)5(8)6-4(2)7/h2H,1H3,(H,6,7,8). The number of imide groups is 1. The molecule has 9 heavy (non-hydrogen) atoms. The van der Waals surface area contributed by atoms with Crippen LogP contribution in [0.5, 0.6) is 0 Å². The molecule has 1 fully saturated rings. The Morgan fingerprint density at radius 3 is 2.22 bits per heavy atom. The highest BCUT2D eigenvalue weighted by atomic mass is 32.1. The van der Waals surface area contributed by atoms with E-state index in [1.807, 2.05) is 0 Å². The maximum atomic E-state index is 10.6. The quantitative estimate of drug-likeness (QED) is 0.372. The molecular formula is C5H5NO2S. The Hall–Kier alpha value is -0.770. The van der Waals surface area contributed by atoms with Crippen molar-refractivity contribution in [1.82, 2.24) is 5.32 Å². The van der Waals surface area contributed by atoms with E-state index in [-0.39, 0.29) is 10.8 Å². The SMILES string of the molecule is CC1C(=O)NC(=O)C1=S. The predicted octanol–water partition coefficient (Wildman–Crippen LogP) is -0.351. The minimum Gasteiger partial charge on any atom is -0.291 e. The molecule has 1 N–H and O–H groups in total. The third-order valence-corrected chi connectivity index (χ3v) is 1.79. The molecule has 1 saturated heterocycles. The summed E-state index contributed by atoms with van der Waals surface area (Å²) in [6, 6.07) is 0. The molecule has 0 radical (unpaired) electrons. The van der Waals surface area contributed by atoms with Crippen molar-refractivity contribution in [2.45, 2.75) is 6.92 Å². The van der Waals surface area contributed by atoms with Gasteiger partial charge in [-0.05, 0) is 6.92 Å². The van der Waals surface area contributed by atoms with Crippen LogP contribution in [0.25, 0.3) is 0 Å². The van der Waals surface area contributed by atoms with E-state index in [2.05, 4.69) is 17.5 Å². The number of hydrogen-bond acceptors (Lipinski definition) is 3. The van der Waals surface area contributed by atoms with Gasteiger partial charge in [-0.25, -0.2) is 0 Å². The number of carbonyl (C=O) groups excluding carboxylic acids is 2. The van der Waals surface area contributed by atoms with E-state index in [1.54, 1.807) is 6.92 Å². The second-order valence-corrected chi connectivity index (χ2v) is 2.34. The molecule has 0 bridgehead atoms. The molecule has 3 nitrogen and oxygen atoms in total. The summed E-state index contributed by atoms with van der Waals surface area (Å²) in [5.41, 5.74) is 0. The van der Waals surface area contributed by atoms with Gasteiger partial charge in [0.05, 0.1) is 10.8 Å². The zero-order chi connectivity index (χ0) is 7.02. The fraction of sp³-hybridized carbons (Fsp3) is 0.400. The number of hydrogen-bond donors (Lipinski definition) is 1. The van der Waals surface area contributed by atoms with Gasteiger partial charge in [0.15, 0.2) is 0 Å². The summed E-state index contributed by atoms with van der Waals surface area (Å²) in [7, 11) is 0. The molecule has 1 unspecified atom stereocenters. The molecule has 1 atom stereocenters. The average molecular weight is 143 g/mol. The third-order valence-electron chi connectivity index (χ3n) is 1.25. The number of amides is 2. The summed E-state index contributed by atoms with van der Waals surface area (Å²) in [4.78, 5) is 21.3. The summed E-state index contributed by atoms with van der Waals surface area (Å²) < 4.78 is 0. The number of thiocarbonyl (C=S) groups is 1. The molecule has 1 aliphatic heterocycles. The number of carbonyl (C=O) groups is 2. The topological polar surface area (TPSA) is 46.2 Å². The van der Waals surface area contributed by atoms with Crippen LogP contribution in [0.4, 0.5) is 0 Å². The van der Waals surface area contributed by atoms with Crippen LogP contribution in [0.2, 0.25) is 0 Å². The van der Waals surface area contributed by atoms with E-state index in [0.717, 1.165) is 0 Å². The van der Waals surface area contributed by atoms with Crippen molar-refractivity contribution in [3.8, 4) is 0 Å². The molecular weight excluding hydrogens is 138 g/mol. The van der Waals surface area contributed by atoms with Crippen LogP contribution in [-0.2, 0) is 9.59 Å². The molecule has 1 heterocycles. The van der Waals surface area contributed by atoms with Gasteiger partial charge in [0.2, 0.25) is 5.91 Å². The Balaban J connectivity index is 2.90. The van der Waals surface area contributed by atoms with E-state index >= 15 is 0 Å². The smallest absolute Gasteiger partial charge is 0.265 e. The fourth-order valence-electron chi connectivity index (χ4n) is 0.597. The highest BCUT2D eigenvalue weighted by Crippen LogP contribution is 2.05. The number of nitrogens with one attached hydrogen (secondary N) is 1. The van der Waals surface area contributed by atoms with E-state index in [4.69, 9.17) is 0 Å². The lowest BCUT2D eigenvalue weighted by molar-refractivity contribution is -0.125. The minimum absolute atomic E-state index is 0.194. The van der Waals surface area contributed by atoms with Gasteiger partial charge in [-0.2, -0.15) is 0 Å². The zero-order valence-electron chi connectivity index (χ0n) is 4.80. The predicted molar refractivity (Wildman–Crippen MR) is 34.9 cm³/mol. The van der Waals surface area contributed by atoms with Gasteiger partial charge in [0.25, 0.3) is 5.91 Å². The summed E-state index contributed by atoms with van der Waals surface area (Å²) in [6.45, 7) is 1.61. The van der Waals surface area contributed by atoms with Gasteiger partial charge in [0.1, 0.15) is 0 Å². The summed E-state index contributed by atoms with van der Waals surface area (Å²) in [6.07, 6.45) is 0. The van der Waals surface area contributed by atoms with Crippen molar-refractivity contribution in [3.63, 3.8) is 0 Å². The maximum absolute atomic E-state index is 10.6. The van der Waals surface area contributed by atoms with E-state index < -0.39 is 11.8 Å². The Morgan fingerprint density at radius 2 is 2.11 bits per heavy atom. The highest BCUT2D eigenvalue weighted by molar-refractivity contribution is 7.82. The van der Waals surface area contributed by atoms with Crippen molar-refractivity contribution in [3.05, 3.63) is 0 Å². The molecule has 0 saturated carbocycles. The van der Waals surface area contributed by atoms with Crippen LogP contribution in [0.15, 0.2) is 0 Å². The molecule has 0 aliphatic carbocycles. The average Bonchev–Trinajstić information content (AvgIpc) is 1.98. The van der Waals surface area contributed by atoms with Crippen LogP contribution in [0, 0.1) is 5.92 Å². The summed E-state index contributed by atoms with van der Waals surface area (Å²) >= 11 is 4.61. The zero-order valence-corrected chi connectivity index (χ0v) is 5.62. The van der Waals surface area contributed by atoms with Gasteiger partial charge >= 0.3 is 0 Å². The molecule has 1 aliphatic rings. The first-order valence-corrected chi connectivity index (χ1v) is 2.93. The molecule has 0 aromatic heterocycles. The normalized spacial score (nSPS) is 26.8. The van der Waals surface area contributed by atoms with Crippen LogP contribution in [0.3, 0.4) is 0 Å². The minimum atomic E-state index is -0.414. The summed E-state index contributed by atoms with van der Waals surface area (Å²) in [5, 5.41) is 2.10. The van der Waals surface area contributed by atoms with Crippen molar-refractivity contribution >= 4 is 28.9 Å². The van der Waals surface area contributed by atoms with E-state index in [0.29, 0.717) is 0 Å². The Bertz CT molecular complexity index is 199. The second kappa shape index (κ2) is 1.88. The van der Waals surface area contributed by atoms with Crippen LogP contribution < -0.4 is 5.32 Å². The van der Waals surface area contributed by atoms with E-state index in [9.17, 15) is 9.59 Å². The van der Waals surface area contributed by atoms with Crippen molar-refractivity contribution in [1.29, 1.82) is 0 Å². The largest absolute Gasteiger partial charge is 0.291 e. The van der Waals surface area contributed by atoms with Gasteiger partial charge in [-0.3, -0.25) is 14.9 Å². The molecule has 4 heteroatoms. The Labute approximate surface area is 57.4 Å². The highest BCUT2D eigenvalue weighted by Gasteiger charge is 2.32. The van der Waals surface area contributed by atoms with Gasteiger partial charge in [-0.15, -0.1) is 0 Å². The molecule has 0 aromatic rings. The van der Waals surface area contributed by atoms with Crippen LogP contribution >= 0.6 is 12.2 Å². The second-order valence-electron chi connectivity index (χ2n) is 1.90. The molecule has 1 rings (SSSR count). The lowest BCUT2D eigenvalue weighted by Gasteiger charge is -1.89.